The summed E-state index contributed by atoms with van der Waals surface area (Å²) in [6.07, 6.45) is 1.60. The number of nitro benzene ring substituents is 1. The van der Waals surface area contributed by atoms with Gasteiger partial charge in [0.2, 0.25) is 0 Å². The van der Waals surface area contributed by atoms with Crippen molar-refractivity contribution in [3.8, 4) is 5.75 Å². The molecule has 0 bridgehead atoms. The zero-order chi connectivity index (χ0) is 21.8. The number of tetrazole rings is 1. The molecule has 0 fully saturated rings. The highest BCUT2D eigenvalue weighted by Crippen LogP contribution is 2.33. The first-order valence-electron chi connectivity index (χ1n) is 9.23. The predicted molar refractivity (Wildman–Crippen MR) is 106 cm³/mol. The van der Waals surface area contributed by atoms with Gasteiger partial charge in [0.05, 0.1) is 11.5 Å². The summed E-state index contributed by atoms with van der Waals surface area (Å²) in [6.45, 7) is 1.59. The molecule has 0 amide bonds. The molecule has 4 rings (SSSR count). The van der Waals surface area contributed by atoms with E-state index in [1.54, 1.807) is 13.0 Å². The number of hydrogen-bond acceptors (Lipinski definition) is 9. The van der Waals surface area contributed by atoms with E-state index in [0.717, 1.165) is 5.56 Å². The maximum Gasteiger partial charge on any atom is 0.357 e. The second-order valence-electron chi connectivity index (χ2n) is 6.62. The maximum atomic E-state index is 13.0. The Morgan fingerprint density at radius 3 is 2.84 bits per heavy atom. The number of ether oxygens (including phenoxy) is 3. The lowest BCUT2D eigenvalue weighted by Gasteiger charge is -2.20. The molecular weight excluding hydrogens is 406 g/mol. The van der Waals surface area contributed by atoms with E-state index in [4.69, 9.17) is 14.2 Å². The second kappa shape index (κ2) is 8.71. The Labute approximate surface area is 176 Å². The molecule has 31 heavy (non-hydrogen) atoms. The lowest BCUT2D eigenvalue weighted by Crippen LogP contribution is -2.17. The van der Waals surface area contributed by atoms with Gasteiger partial charge in [0.15, 0.2) is 18.3 Å². The molecule has 0 atom stereocenters. The van der Waals surface area contributed by atoms with Crippen molar-refractivity contribution in [2.75, 3.05) is 6.79 Å². The average Bonchev–Trinajstić information content (AvgIpc) is 3.21. The van der Waals surface area contributed by atoms with Crippen LogP contribution in [0, 0.1) is 17.0 Å². The summed E-state index contributed by atoms with van der Waals surface area (Å²) < 4.78 is 17.4. The number of carbonyl (C=O) groups excluding carboxylic acids is 1. The van der Waals surface area contributed by atoms with Crippen molar-refractivity contribution >= 4 is 23.4 Å². The Morgan fingerprint density at radius 2 is 2.13 bits per heavy atom. The van der Waals surface area contributed by atoms with Crippen LogP contribution in [0.3, 0.4) is 0 Å². The predicted octanol–water partition coefficient (Wildman–Crippen LogP) is 2.50. The Balaban J connectivity index is 1.63. The van der Waals surface area contributed by atoms with Crippen LogP contribution in [0.4, 0.5) is 5.69 Å². The van der Waals surface area contributed by atoms with Gasteiger partial charge in [0.25, 0.3) is 5.69 Å². The van der Waals surface area contributed by atoms with Crippen LogP contribution >= 0.6 is 0 Å². The molecular formula is C20H17N5O6. The number of benzene rings is 2. The highest BCUT2D eigenvalue weighted by atomic mass is 16.7. The third kappa shape index (κ3) is 4.41. The van der Waals surface area contributed by atoms with Crippen LogP contribution < -0.4 is 4.74 Å². The molecule has 158 valence electrons. The van der Waals surface area contributed by atoms with Gasteiger partial charge in [-0.05, 0) is 29.0 Å². The number of nitrogens with zero attached hydrogens (tertiary/aromatic N) is 5. The van der Waals surface area contributed by atoms with Gasteiger partial charge in [0.1, 0.15) is 12.4 Å². The fraction of sp³-hybridized carbons (Fsp3) is 0.200. The molecule has 1 aliphatic rings. The van der Waals surface area contributed by atoms with E-state index < -0.39 is 10.9 Å². The van der Waals surface area contributed by atoms with Gasteiger partial charge in [-0.25, -0.2) is 4.79 Å². The van der Waals surface area contributed by atoms with E-state index in [1.165, 1.54) is 16.8 Å². The zero-order valence-corrected chi connectivity index (χ0v) is 16.4. The van der Waals surface area contributed by atoms with E-state index in [1.807, 2.05) is 30.3 Å². The minimum Gasteiger partial charge on any atom is -0.467 e. The second-order valence-corrected chi connectivity index (χ2v) is 6.62. The summed E-state index contributed by atoms with van der Waals surface area (Å²) in [6, 6.07) is 11.8. The van der Waals surface area contributed by atoms with Crippen molar-refractivity contribution < 1.29 is 23.9 Å². The molecule has 3 aromatic rings. The van der Waals surface area contributed by atoms with E-state index in [2.05, 4.69) is 15.5 Å². The molecule has 0 saturated carbocycles. The fourth-order valence-electron chi connectivity index (χ4n) is 3.08. The van der Waals surface area contributed by atoms with E-state index in [-0.39, 0.29) is 31.4 Å². The Hall–Kier alpha value is -4.12. The molecule has 0 saturated heterocycles. The largest absolute Gasteiger partial charge is 0.467 e. The van der Waals surface area contributed by atoms with Crippen molar-refractivity contribution in [2.24, 2.45) is 0 Å². The van der Waals surface area contributed by atoms with Crippen molar-refractivity contribution in [1.29, 1.82) is 0 Å². The summed E-state index contributed by atoms with van der Waals surface area (Å²) >= 11 is 0. The molecule has 11 nitrogen and oxygen atoms in total. The molecule has 0 spiro atoms. The quantitative estimate of drug-likeness (QED) is 0.254. The summed E-state index contributed by atoms with van der Waals surface area (Å²) in [5, 5.41) is 22.5. The summed E-state index contributed by atoms with van der Waals surface area (Å²) in [4.78, 5) is 23.7. The number of rotatable bonds is 6. The first-order chi connectivity index (χ1) is 15.0. The van der Waals surface area contributed by atoms with Gasteiger partial charge in [-0.3, -0.25) is 10.1 Å². The maximum absolute atomic E-state index is 13.0. The number of hydrogen-bond donors (Lipinski definition) is 0. The lowest BCUT2D eigenvalue weighted by molar-refractivity contribution is -0.385. The number of non-ortho nitro benzene ring substituents is 1. The zero-order valence-electron chi connectivity index (χ0n) is 16.4. The van der Waals surface area contributed by atoms with Gasteiger partial charge >= 0.3 is 5.97 Å². The SMILES string of the molecule is Cc1nnnn1C(=Cc1ccccc1)C(=O)OCc1cc([N+](=O)[O-])cc2c1OCOC2. The van der Waals surface area contributed by atoms with Crippen molar-refractivity contribution in [3.05, 3.63) is 75.1 Å². The summed E-state index contributed by atoms with van der Waals surface area (Å²) in [5.74, 6) is 0.107. The Morgan fingerprint density at radius 1 is 1.32 bits per heavy atom. The average molecular weight is 423 g/mol. The van der Waals surface area contributed by atoms with Crippen LogP contribution in [0.15, 0.2) is 42.5 Å². The minimum atomic E-state index is -0.702. The first kappa shape index (κ1) is 20.2. The number of esters is 1. The minimum absolute atomic E-state index is 0.00867. The van der Waals surface area contributed by atoms with Gasteiger partial charge < -0.3 is 14.2 Å². The van der Waals surface area contributed by atoms with Gasteiger partial charge in [-0.1, -0.05) is 30.3 Å². The molecule has 0 aliphatic carbocycles. The lowest BCUT2D eigenvalue weighted by atomic mass is 10.1. The Bertz CT molecular complexity index is 1160. The number of carbonyl (C=O) groups is 1. The third-order valence-electron chi connectivity index (χ3n) is 4.51. The molecule has 0 radical (unpaired) electrons. The molecule has 2 aromatic carbocycles. The van der Waals surface area contributed by atoms with Crippen LogP contribution in [0.25, 0.3) is 11.8 Å². The first-order valence-corrected chi connectivity index (χ1v) is 9.23. The van der Waals surface area contributed by atoms with Crippen LogP contribution in [0.1, 0.15) is 22.5 Å². The number of aryl methyl sites for hydroxylation is 1. The number of fused-ring (bicyclic) bond motifs is 1. The van der Waals surface area contributed by atoms with Crippen LogP contribution in [0.5, 0.6) is 5.75 Å². The van der Waals surface area contributed by atoms with Crippen LogP contribution in [-0.2, 0) is 27.5 Å². The molecule has 11 heteroatoms. The van der Waals surface area contributed by atoms with Crippen LogP contribution in [0.2, 0.25) is 0 Å². The van der Waals surface area contributed by atoms with E-state index >= 15 is 0 Å². The van der Waals surface area contributed by atoms with Crippen molar-refractivity contribution in [3.63, 3.8) is 0 Å². The third-order valence-corrected chi connectivity index (χ3v) is 4.51. The summed E-state index contributed by atoms with van der Waals surface area (Å²) in [5.41, 5.74) is 1.58. The van der Waals surface area contributed by atoms with Crippen molar-refractivity contribution in [2.45, 2.75) is 20.1 Å². The topological polar surface area (TPSA) is 132 Å². The molecule has 1 aliphatic heterocycles. The van der Waals surface area contributed by atoms with Crippen LogP contribution in [-0.4, -0.2) is 37.9 Å². The Kier molecular flexibility index (Phi) is 5.67. The molecule has 0 unspecified atom stereocenters. The van der Waals surface area contributed by atoms with Crippen molar-refractivity contribution in [1.82, 2.24) is 20.2 Å². The standard InChI is InChI=1S/C20H17N5O6/c1-13-21-22-23-24(13)18(7-14-5-3-2-4-6-14)20(26)30-11-16-9-17(25(27)28)8-15-10-29-12-31-19(15)16/h2-9H,10-12H2,1H3. The van der Waals surface area contributed by atoms with Gasteiger partial charge in [-0.2, -0.15) is 4.68 Å². The van der Waals surface area contributed by atoms with E-state index in [9.17, 15) is 14.9 Å². The normalized spacial score (nSPS) is 13.3. The molecule has 1 aromatic heterocycles. The molecule has 0 N–H and O–H groups in total. The number of nitro groups is 1. The van der Waals surface area contributed by atoms with Gasteiger partial charge in [0, 0.05) is 23.3 Å². The van der Waals surface area contributed by atoms with E-state index in [0.29, 0.717) is 22.7 Å². The number of aromatic nitrogens is 4. The highest BCUT2D eigenvalue weighted by Gasteiger charge is 2.23. The smallest absolute Gasteiger partial charge is 0.357 e. The monoisotopic (exact) mass is 423 g/mol. The highest BCUT2D eigenvalue weighted by molar-refractivity contribution is 6.15. The van der Waals surface area contributed by atoms with Gasteiger partial charge in [-0.15, -0.1) is 5.10 Å². The summed E-state index contributed by atoms with van der Waals surface area (Å²) in [7, 11) is 0. The fourth-order valence-corrected chi connectivity index (χ4v) is 3.08. The molecule has 2 heterocycles.